The van der Waals surface area contributed by atoms with Gasteiger partial charge in [-0.2, -0.15) is 0 Å². The number of ether oxygens (including phenoxy) is 3. The summed E-state index contributed by atoms with van der Waals surface area (Å²) in [6.45, 7) is 5.76. The number of benzene rings is 1. The van der Waals surface area contributed by atoms with Crippen molar-refractivity contribution < 1.29 is 28.6 Å². The van der Waals surface area contributed by atoms with Gasteiger partial charge in [-0.1, -0.05) is 30.3 Å². The zero-order valence-electron chi connectivity index (χ0n) is 16.7. The number of rotatable bonds is 7. The summed E-state index contributed by atoms with van der Waals surface area (Å²) in [5.74, 6) is -0.675. The largest absolute Gasteiger partial charge is 0.467 e. The van der Waals surface area contributed by atoms with E-state index in [4.69, 9.17) is 14.2 Å². The van der Waals surface area contributed by atoms with E-state index in [1.165, 1.54) is 7.11 Å². The van der Waals surface area contributed by atoms with E-state index in [9.17, 15) is 14.4 Å². The lowest BCUT2D eigenvalue weighted by molar-refractivity contribution is -0.144. The standard InChI is InChI=1S/C20H28N2O6/c1-19(2,3)28-17(24)21-11-10-15-12-20(15,16(23)26-4)22-18(25)27-13-14-8-6-5-7-9-14/h5-9,15H,10-13H2,1-4H3,(H,21,24)(H,22,25)/t15-,20-/m0/s1. The van der Waals surface area contributed by atoms with Crippen molar-refractivity contribution in [2.45, 2.75) is 51.4 Å². The Labute approximate surface area is 164 Å². The van der Waals surface area contributed by atoms with Gasteiger partial charge in [0.05, 0.1) is 7.11 Å². The maximum Gasteiger partial charge on any atom is 0.408 e. The summed E-state index contributed by atoms with van der Waals surface area (Å²) in [4.78, 5) is 36.0. The van der Waals surface area contributed by atoms with Gasteiger partial charge in [-0.05, 0) is 45.1 Å². The van der Waals surface area contributed by atoms with E-state index in [0.29, 0.717) is 19.4 Å². The number of alkyl carbamates (subject to hydrolysis) is 2. The van der Waals surface area contributed by atoms with Gasteiger partial charge in [-0.15, -0.1) is 0 Å². The first kappa shape index (κ1) is 21.5. The van der Waals surface area contributed by atoms with Crippen LogP contribution in [0.3, 0.4) is 0 Å². The predicted molar refractivity (Wildman–Crippen MR) is 101 cm³/mol. The molecule has 1 aromatic rings. The van der Waals surface area contributed by atoms with Gasteiger partial charge in [0, 0.05) is 6.54 Å². The number of nitrogens with one attached hydrogen (secondary N) is 2. The van der Waals surface area contributed by atoms with Crippen LogP contribution < -0.4 is 10.6 Å². The van der Waals surface area contributed by atoms with Crippen LogP contribution in [0.5, 0.6) is 0 Å². The lowest BCUT2D eigenvalue weighted by Crippen LogP contribution is -2.46. The molecule has 2 rings (SSSR count). The highest BCUT2D eigenvalue weighted by Crippen LogP contribution is 2.46. The second kappa shape index (κ2) is 8.95. The van der Waals surface area contributed by atoms with Crippen LogP contribution in [0, 0.1) is 5.92 Å². The Kier molecular flexibility index (Phi) is 6.88. The third-order valence-electron chi connectivity index (χ3n) is 4.35. The zero-order chi connectivity index (χ0) is 20.8. The SMILES string of the molecule is COC(=O)[C@]1(NC(=O)OCc2ccccc2)C[C@@H]1CCNC(=O)OC(C)(C)C. The Bertz CT molecular complexity index is 700. The van der Waals surface area contributed by atoms with E-state index in [2.05, 4.69) is 10.6 Å². The van der Waals surface area contributed by atoms with Gasteiger partial charge in [-0.25, -0.2) is 14.4 Å². The molecule has 2 amide bonds. The molecule has 1 aliphatic carbocycles. The number of hydrogen-bond donors (Lipinski definition) is 2. The fourth-order valence-electron chi connectivity index (χ4n) is 2.92. The molecule has 8 heteroatoms. The summed E-state index contributed by atoms with van der Waals surface area (Å²) in [7, 11) is 1.27. The molecule has 0 heterocycles. The van der Waals surface area contributed by atoms with Crippen LogP contribution in [0.15, 0.2) is 30.3 Å². The Hall–Kier alpha value is -2.77. The lowest BCUT2D eigenvalue weighted by atomic mass is 10.1. The van der Waals surface area contributed by atoms with Crippen LogP contribution in [0.1, 0.15) is 39.2 Å². The molecule has 2 atom stereocenters. The van der Waals surface area contributed by atoms with Crippen molar-refractivity contribution in [1.82, 2.24) is 10.6 Å². The van der Waals surface area contributed by atoms with Crippen molar-refractivity contribution in [3.05, 3.63) is 35.9 Å². The summed E-state index contributed by atoms with van der Waals surface area (Å²) < 4.78 is 15.2. The highest BCUT2D eigenvalue weighted by Gasteiger charge is 2.62. The van der Waals surface area contributed by atoms with E-state index in [-0.39, 0.29) is 12.5 Å². The minimum Gasteiger partial charge on any atom is -0.467 e. The molecule has 154 valence electrons. The van der Waals surface area contributed by atoms with Crippen LogP contribution in [0.4, 0.5) is 9.59 Å². The van der Waals surface area contributed by atoms with E-state index in [0.717, 1.165) is 5.56 Å². The van der Waals surface area contributed by atoms with Crippen LogP contribution in [0.25, 0.3) is 0 Å². The van der Waals surface area contributed by atoms with Crippen LogP contribution >= 0.6 is 0 Å². The number of esters is 1. The number of carbonyl (C=O) groups is 3. The molecular weight excluding hydrogens is 364 g/mol. The zero-order valence-corrected chi connectivity index (χ0v) is 16.7. The number of methoxy groups -OCH3 is 1. The number of amides is 2. The molecule has 0 bridgehead atoms. The first-order chi connectivity index (χ1) is 13.2. The van der Waals surface area contributed by atoms with Crippen molar-refractivity contribution in [1.29, 1.82) is 0 Å². The third-order valence-corrected chi connectivity index (χ3v) is 4.35. The second-order valence-electron chi connectivity index (χ2n) is 7.77. The van der Waals surface area contributed by atoms with Crippen molar-refractivity contribution in [3.8, 4) is 0 Å². The molecule has 1 fully saturated rings. The highest BCUT2D eigenvalue weighted by molar-refractivity contribution is 5.89. The normalized spacial score (nSPS) is 20.6. The molecule has 0 unspecified atom stereocenters. The number of hydrogen-bond acceptors (Lipinski definition) is 6. The van der Waals surface area contributed by atoms with Gasteiger partial charge < -0.3 is 24.8 Å². The first-order valence-corrected chi connectivity index (χ1v) is 9.20. The first-order valence-electron chi connectivity index (χ1n) is 9.20. The third kappa shape index (κ3) is 6.14. The summed E-state index contributed by atoms with van der Waals surface area (Å²) in [5.41, 5.74) is -0.847. The molecule has 28 heavy (non-hydrogen) atoms. The fourth-order valence-corrected chi connectivity index (χ4v) is 2.92. The maximum absolute atomic E-state index is 12.2. The van der Waals surface area contributed by atoms with Crippen molar-refractivity contribution in [2.24, 2.45) is 5.92 Å². The molecule has 2 N–H and O–H groups in total. The van der Waals surface area contributed by atoms with E-state index in [1.54, 1.807) is 20.8 Å². The minimum atomic E-state index is -1.11. The second-order valence-corrected chi connectivity index (χ2v) is 7.77. The molecule has 1 saturated carbocycles. The monoisotopic (exact) mass is 392 g/mol. The van der Waals surface area contributed by atoms with Gasteiger partial charge in [0.25, 0.3) is 0 Å². The van der Waals surface area contributed by atoms with E-state index >= 15 is 0 Å². The molecule has 1 aromatic carbocycles. The Balaban J connectivity index is 1.82. The average molecular weight is 392 g/mol. The van der Waals surface area contributed by atoms with Gasteiger partial charge in [0.15, 0.2) is 0 Å². The molecular formula is C20H28N2O6. The minimum absolute atomic E-state index is 0.106. The quantitative estimate of drug-likeness (QED) is 0.546. The highest BCUT2D eigenvalue weighted by atomic mass is 16.6. The lowest BCUT2D eigenvalue weighted by Gasteiger charge is -2.20. The Morgan fingerprint density at radius 2 is 1.82 bits per heavy atom. The summed E-state index contributed by atoms with van der Waals surface area (Å²) in [5, 5.41) is 5.28. The van der Waals surface area contributed by atoms with Gasteiger partial charge >= 0.3 is 18.2 Å². The van der Waals surface area contributed by atoms with Gasteiger partial charge in [0.1, 0.15) is 17.7 Å². The summed E-state index contributed by atoms with van der Waals surface area (Å²) in [6, 6.07) is 9.25. The van der Waals surface area contributed by atoms with Crippen LogP contribution in [-0.4, -0.2) is 43.0 Å². The Morgan fingerprint density at radius 3 is 2.43 bits per heavy atom. The summed E-state index contributed by atoms with van der Waals surface area (Å²) in [6.07, 6.45) is -0.285. The summed E-state index contributed by atoms with van der Waals surface area (Å²) >= 11 is 0. The van der Waals surface area contributed by atoms with Gasteiger partial charge in [-0.3, -0.25) is 0 Å². The topological polar surface area (TPSA) is 103 Å². The molecule has 0 radical (unpaired) electrons. The maximum atomic E-state index is 12.2. The smallest absolute Gasteiger partial charge is 0.408 e. The van der Waals surface area contributed by atoms with Crippen molar-refractivity contribution >= 4 is 18.2 Å². The molecule has 1 aliphatic rings. The Morgan fingerprint density at radius 1 is 1.14 bits per heavy atom. The van der Waals surface area contributed by atoms with Crippen LogP contribution in [-0.2, 0) is 25.6 Å². The predicted octanol–water partition coefficient (Wildman–Crippen LogP) is 2.76. The van der Waals surface area contributed by atoms with Gasteiger partial charge in [0.2, 0.25) is 0 Å². The molecule has 8 nitrogen and oxygen atoms in total. The number of carbonyl (C=O) groups excluding carboxylic acids is 3. The van der Waals surface area contributed by atoms with E-state index in [1.807, 2.05) is 30.3 Å². The average Bonchev–Trinajstić information content (AvgIpc) is 3.32. The van der Waals surface area contributed by atoms with E-state index < -0.39 is 29.3 Å². The van der Waals surface area contributed by atoms with Crippen molar-refractivity contribution in [2.75, 3.05) is 13.7 Å². The molecule has 0 saturated heterocycles. The molecule has 0 aromatic heterocycles. The van der Waals surface area contributed by atoms with Crippen molar-refractivity contribution in [3.63, 3.8) is 0 Å². The fraction of sp³-hybridized carbons (Fsp3) is 0.550. The molecule has 0 spiro atoms. The molecule has 0 aliphatic heterocycles. The van der Waals surface area contributed by atoms with Crippen LogP contribution in [0.2, 0.25) is 0 Å².